The van der Waals surface area contributed by atoms with Crippen LogP contribution in [0.5, 0.6) is 11.5 Å². The molecular weight excluding hydrogens is 285 g/mol. The van der Waals surface area contributed by atoms with Gasteiger partial charge in [0.25, 0.3) is 0 Å². The van der Waals surface area contributed by atoms with Crippen LogP contribution in [0.2, 0.25) is 5.02 Å². The van der Waals surface area contributed by atoms with Crippen molar-refractivity contribution in [3.05, 3.63) is 33.8 Å². The summed E-state index contributed by atoms with van der Waals surface area (Å²) in [5.41, 5.74) is 3.41. The van der Waals surface area contributed by atoms with Gasteiger partial charge in [-0.15, -0.1) is 0 Å². The lowest BCUT2D eigenvalue weighted by atomic mass is 10.1. The van der Waals surface area contributed by atoms with Gasteiger partial charge in [-0.1, -0.05) is 30.1 Å². The molecule has 0 atom stereocenters. The molecule has 0 fully saturated rings. The Labute approximate surface area is 124 Å². The van der Waals surface area contributed by atoms with Gasteiger partial charge in [0.05, 0.1) is 7.11 Å². The fraction of sp³-hybridized carbons (Fsp3) is 0.429. The molecule has 0 heterocycles. The quantitative estimate of drug-likeness (QED) is 0.826. The average Bonchev–Trinajstić information content (AvgIpc) is 2.42. The van der Waals surface area contributed by atoms with Gasteiger partial charge in [0.15, 0.2) is 11.5 Å². The van der Waals surface area contributed by atoms with Crippen molar-refractivity contribution >= 4 is 23.2 Å². The highest BCUT2D eigenvalue weighted by Gasteiger charge is 2.12. The van der Waals surface area contributed by atoms with Crippen LogP contribution in [0.25, 0.3) is 0 Å². The lowest BCUT2D eigenvalue weighted by Gasteiger charge is -2.16. The minimum Gasteiger partial charge on any atom is -0.493 e. The molecule has 0 aromatic heterocycles. The topological polar surface area (TPSA) is 30.5 Å². The third-order valence-corrected chi connectivity index (χ3v) is 3.10. The Morgan fingerprint density at radius 2 is 2.16 bits per heavy atom. The third-order valence-electron chi connectivity index (χ3n) is 2.51. The molecule has 0 aliphatic heterocycles. The molecule has 3 nitrogen and oxygen atoms in total. The van der Waals surface area contributed by atoms with Crippen LogP contribution in [0, 0.1) is 0 Å². The van der Waals surface area contributed by atoms with Crippen molar-refractivity contribution in [2.45, 2.75) is 20.4 Å². The number of halogens is 2. The fourth-order valence-electron chi connectivity index (χ4n) is 1.55. The van der Waals surface area contributed by atoms with E-state index in [1.807, 2.05) is 19.9 Å². The second-order valence-corrected chi connectivity index (χ2v) is 4.78. The van der Waals surface area contributed by atoms with Gasteiger partial charge in [-0.05, 0) is 25.1 Å². The predicted octanol–water partition coefficient (Wildman–Crippen LogP) is 3.98. The van der Waals surface area contributed by atoms with Crippen LogP contribution in [0.15, 0.2) is 23.2 Å². The van der Waals surface area contributed by atoms with Gasteiger partial charge in [-0.3, -0.25) is 0 Å². The van der Waals surface area contributed by atoms with Gasteiger partial charge < -0.3 is 14.8 Å². The van der Waals surface area contributed by atoms with E-state index in [4.69, 9.17) is 32.7 Å². The largest absolute Gasteiger partial charge is 0.493 e. The molecule has 0 unspecified atom stereocenters. The average molecular weight is 304 g/mol. The highest BCUT2D eigenvalue weighted by atomic mass is 35.5. The summed E-state index contributed by atoms with van der Waals surface area (Å²) in [5, 5.41) is 3.88. The summed E-state index contributed by atoms with van der Waals surface area (Å²) >= 11 is 11.7. The van der Waals surface area contributed by atoms with Crippen LogP contribution in [0.3, 0.4) is 0 Å². The molecule has 1 aromatic carbocycles. The van der Waals surface area contributed by atoms with Crippen molar-refractivity contribution in [1.82, 2.24) is 5.32 Å². The fourth-order valence-corrected chi connectivity index (χ4v) is 1.84. The van der Waals surface area contributed by atoms with Gasteiger partial charge in [-0.25, -0.2) is 0 Å². The summed E-state index contributed by atoms with van der Waals surface area (Å²) in [6, 6.07) is 3.62. The second-order valence-electron chi connectivity index (χ2n) is 4.12. The second kappa shape index (κ2) is 8.31. The SMILES string of the molecule is CCNCc1cc(Cl)cc(OC)c1OC/C(C)=C/Cl. The van der Waals surface area contributed by atoms with Gasteiger partial charge in [-0.2, -0.15) is 0 Å². The molecule has 1 rings (SSSR count). The Kier molecular flexibility index (Phi) is 7.06. The van der Waals surface area contributed by atoms with Crippen molar-refractivity contribution in [1.29, 1.82) is 0 Å². The number of methoxy groups -OCH3 is 1. The molecule has 5 heteroatoms. The number of hydrogen-bond donors (Lipinski definition) is 1. The van der Waals surface area contributed by atoms with Crippen LogP contribution in [-0.4, -0.2) is 20.3 Å². The minimum absolute atomic E-state index is 0.417. The van der Waals surface area contributed by atoms with E-state index in [1.54, 1.807) is 13.2 Å². The first kappa shape index (κ1) is 16.2. The standard InChI is InChI=1S/C14H19Cl2NO2/c1-4-17-8-11-5-12(16)6-13(18-3)14(11)19-9-10(2)7-15/h5-7,17H,4,8-9H2,1-3H3/b10-7+. The Balaban J connectivity index is 3.01. The Bertz CT molecular complexity index is 447. The molecule has 0 saturated heterocycles. The van der Waals surface area contributed by atoms with Crippen LogP contribution in [0.1, 0.15) is 19.4 Å². The van der Waals surface area contributed by atoms with Crippen LogP contribution >= 0.6 is 23.2 Å². The van der Waals surface area contributed by atoms with E-state index >= 15 is 0 Å². The molecule has 0 saturated carbocycles. The molecular formula is C14H19Cl2NO2. The summed E-state index contributed by atoms with van der Waals surface area (Å²) in [6.45, 7) is 5.91. The first-order chi connectivity index (χ1) is 9.12. The predicted molar refractivity (Wildman–Crippen MR) is 80.5 cm³/mol. The summed E-state index contributed by atoms with van der Waals surface area (Å²) in [7, 11) is 1.60. The maximum Gasteiger partial charge on any atom is 0.166 e. The summed E-state index contributed by atoms with van der Waals surface area (Å²) in [4.78, 5) is 0. The number of hydrogen-bond acceptors (Lipinski definition) is 3. The summed E-state index contributed by atoms with van der Waals surface area (Å²) in [6.07, 6.45) is 0. The zero-order chi connectivity index (χ0) is 14.3. The summed E-state index contributed by atoms with van der Waals surface area (Å²) < 4.78 is 11.1. The number of nitrogens with one attached hydrogen (secondary N) is 1. The van der Waals surface area contributed by atoms with Crippen LogP contribution in [-0.2, 0) is 6.54 Å². The normalized spacial score (nSPS) is 11.5. The molecule has 0 aliphatic rings. The third kappa shape index (κ3) is 4.94. The maximum absolute atomic E-state index is 6.07. The smallest absolute Gasteiger partial charge is 0.166 e. The van der Waals surface area contributed by atoms with Gasteiger partial charge in [0, 0.05) is 28.7 Å². The van der Waals surface area contributed by atoms with Gasteiger partial charge in [0.2, 0.25) is 0 Å². The molecule has 0 radical (unpaired) electrons. The lowest BCUT2D eigenvalue weighted by Crippen LogP contribution is -2.13. The van der Waals surface area contributed by atoms with E-state index in [-0.39, 0.29) is 0 Å². The molecule has 0 spiro atoms. The Hall–Kier alpha value is -0.900. The molecule has 1 N–H and O–H groups in total. The van der Waals surface area contributed by atoms with Crippen molar-refractivity contribution in [2.24, 2.45) is 0 Å². The summed E-state index contributed by atoms with van der Waals surface area (Å²) in [5.74, 6) is 1.33. The van der Waals surface area contributed by atoms with E-state index in [0.29, 0.717) is 29.7 Å². The van der Waals surface area contributed by atoms with Gasteiger partial charge in [0.1, 0.15) is 6.61 Å². The maximum atomic E-state index is 6.07. The van der Waals surface area contributed by atoms with Crippen LogP contribution < -0.4 is 14.8 Å². The highest BCUT2D eigenvalue weighted by Crippen LogP contribution is 2.35. The molecule has 0 bridgehead atoms. The first-order valence-electron chi connectivity index (χ1n) is 6.08. The zero-order valence-corrected chi connectivity index (χ0v) is 12.9. The van der Waals surface area contributed by atoms with E-state index in [1.165, 1.54) is 5.54 Å². The monoisotopic (exact) mass is 303 g/mol. The lowest BCUT2D eigenvalue weighted by molar-refractivity contribution is 0.315. The minimum atomic E-state index is 0.417. The van der Waals surface area contributed by atoms with Crippen molar-refractivity contribution < 1.29 is 9.47 Å². The van der Waals surface area contributed by atoms with Crippen molar-refractivity contribution in [3.8, 4) is 11.5 Å². The first-order valence-corrected chi connectivity index (χ1v) is 6.89. The van der Waals surface area contributed by atoms with Crippen molar-refractivity contribution in [2.75, 3.05) is 20.3 Å². The van der Waals surface area contributed by atoms with E-state index < -0.39 is 0 Å². The van der Waals surface area contributed by atoms with Crippen LogP contribution in [0.4, 0.5) is 0 Å². The Morgan fingerprint density at radius 1 is 1.42 bits per heavy atom. The van der Waals surface area contributed by atoms with Gasteiger partial charge >= 0.3 is 0 Å². The number of benzene rings is 1. The van der Waals surface area contributed by atoms with E-state index in [2.05, 4.69) is 5.32 Å². The molecule has 106 valence electrons. The highest BCUT2D eigenvalue weighted by molar-refractivity contribution is 6.30. The van der Waals surface area contributed by atoms with E-state index in [0.717, 1.165) is 17.7 Å². The molecule has 19 heavy (non-hydrogen) atoms. The molecule has 1 aromatic rings. The van der Waals surface area contributed by atoms with Crippen molar-refractivity contribution in [3.63, 3.8) is 0 Å². The van der Waals surface area contributed by atoms with E-state index in [9.17, 15) is 0 Å². The zero-order valence-electron chi connectivity index (χ0n) is 11.4. The number of ether oxygens (including phenoxy) is 2. The number of rotatable bonds is 7. The molecule has 0 aliphatic carbocycles. The Morgan fingerprint density at radius 3 is 2.74 bits per heavy atom. The molecule has 0 amide bonds.